The van der Waals surface area contributed by atoms with Crippen LogP contribution < -0.4 is 10.5 Å². The monoisotopic (exact) mass is 217 g/mol. The molecule has 0 aromatic heterocycles. The van der Waals surface area contributed by atoms with E-state index >= 15 is 0 Å². The van der Waals surface area contributed by atoms with Crippen LogP contribution in [0.2, 0.25) is 0 Å². The van der Waals surface area contributed by atoms with E-state index in [2.05, 4.69) is 11.8 Å². The molecule has 0 aliphatic heterocycles. The largest absolute Gasteiger partial charge is 0.496 e. The number of ether oxygens (including phenoxy) is 1. The first-order valence-electron chi connectivity index (χ1n) is 5.31. The average molecular weight is 217 g/mol. The van der Waals surface area contributed by atoms with Crippen molar-refractivity contribution in [2.45, 2.75) is 33.2 Å². The normalized spacial score (nSPS) is 10.6. The van der Waals surface area contributed by atoms with Crippen LogP contribution in [0.3, 0.4) is 0 Å². The molecule has 0 saturated carbocycles. The highest BCUT2D eigenvalue weighted by molar-refractivity contribution is 5.49. The maximum Gasteiger partial charge on any atom is 0.124 e. The van der Waals surface area contributed by atoms with Gasteiger partial charge in [-0.25, -0.2) is 0 Å². The molecule has 0 heterocycles. The summed E-state index contributed by atoms with van der Waals surface area (Å²) >= 11 is 0. The van der Waals surface area contributed by atoms with Crippen molar-refractivity contribution in [2.75, 3.05) is 7.11 Å². The van der Waals surface area contributed by atoms with E-state index in [1.165, 1.54) is 0 Å². The van der Waals surface area contributed by atoms with Gasteiger partial charge in [-0.15, -0.1) is 0 Å². The number of methoxy groups -OCH3 is 1. The molecule has 0 saturated heterocycles. The molecule has 2 heteroatoms. The van der Waals surface area contributed by atoms with Crippen LogP contribution in [0.15, 0.2) is 12.1 Å². The van der Waals surface area contributed by atoms with Crippen molar-refractivity contribution in [3.05, 3.63) is 28.8 Å². The summed E-state index contributed by atoms with van der Waals surface area (Å²) < 4.78 is 5.30. The number of aryl methyl sites for hydroxylation is 2. The Bertz CT molecular complexity index is 421. The summed E-state index contributed by atoms with van der Waals surface area (Å²) in [5.74, 6) is 7.03. The summed E-state index contributed by atoms with van der Waals surface area (Å²) in [6, 6.07) is 4.04. The van der Waals surface area contributed by atoms with Gasteiger partial charge in [0.2, 0.25) is 0 Å². The van der Waals surface area contributed by atoms with Crippen molar-refractivity contribution in [3.8, 4) is 17.6 Å². The van der Waals surface area contributed by atoms with E-state index in [1.54, 1.807) is 7.11 Å². The average Bonchev–Trinajstić information content (AvgIpc) is 2.13. The molecule has 0 aliphatic rings. The minimum Gasteiger partial charge on any atom is -0.496 e. The van der Waals surface area contributed by atoms with Gasteiger partial charge in [-0.3, -0.25) is 0 Å². The molecule has 2 N–H and O–H groups in total. The summed E-state index contributed by atoms with van der Waals surface area (Å²) in [5.41, 5.74) is 8.54. The molecule has 0 atom stereocenters. The maximum absolute atomic E-state index is 5.82. The van der Waals surface area contributed by atoms with Crippen molar-refractivity contribution >= 4 is 0 Å². The molecular formula is C14H19NO. The number of rotatable bonds is 1. The summed E-state index contributed by atoms with van der Waals surface area (Å²) in [4.78, 5) is 0. The molecule has 16 heavy (non-hydrogen) atoms. The Morgan fingerprint density at radius 1 is 1.19 bits per heavy atom. The van der Waals surface area contributed by atoms with Crippen molar-refractivity contribution < 1.29 is 4.74 Å². The van der Waals surface area contributed by atoms with Crippen molar-refractivity contribution in [2.24, 2.45) is 5.73 Å². The van der Waals surface area contributed by atoms with Gasteiger partial charge >= 0.3 is 0 Å². The van der Waals surface area contributed by atoms with Gasteiger partial charge in [0.05, 0.1) is 12.6 Å². The van der Waals surface area contributed by atoms with Gasteiger partial charge in [0.25, 0.3) is 0 Å². The van der Waals surface area contributed by atoms with Gasteiger partial charge in [0, 0.05) is 5.56 Å². The van der Waals surface area contributed by atoms with Crippen LogP contribution in [-0.2, 0) is 0 Å². The molecule has 86 valence electrons. The maximum atomic E-state index is 5.82. The van der Waals surface area contributed by atoms with Gasteiger partial charge in [0.15, 0.2) is 0 Å². The Morgan fingerprint density at radius 3 is 2.06 bits per heavy atom. The zero-order chi connectivity index (χ0) is 12.3. The smallest absolute Gasteiger partial charge is 0.124 e. The van der Waals surface area contributed by atoms with Crippen molar-refractivity contribution in [1.82, 2.24) is 0 Å². The second-order valence-corrected chi connectivity index (χ2v) is 4.61. The fourth-order valence-electron chi connectivity index (χ4n) is 1.58. The quantitative estimate of drug-likeness (QED) is 0.733. The number of nitrogens with two attached hydrogens (primary N) is 1. The predicted molar refractivity (Wildman–Crippen MR) is 67.6 cm³/mol. The third kappa shape index (κ3) is 3.29. The molecule has 1 aromatic rings. The Morgan fingerprint density at radius 2 is 1.69 bits per heavy atom. The van der Waals surface area contributed by atoms with Crippen LogP contribution >= 0.6 is 0 Å². The molecule has 2 nitrogen and oxygen atoms in total. The van der Waals surface area contributed by atoms with Crippen LogP contribution in [0, 0.1) is 25.7 Å². The fraction of sp³-hybridized carbons (Fsp3) is 0.429. The Balaban J connectivity index is 3.13. The molecule has 0 spiro atoms. The number of hydrogen-bond donors (Lipinski definition) is 1. The second kappa shape index (κ2) is 4.59. The zero-order valence-corrected chi connectivity index (χ0v) is 10.6. The summed E-state index contributed by atoms with van der Waals surface area (Å²) in [6.07, 6.45) is 0. The Labute approximate surface area is 97.8 Å². The standard InChI is InChI=1S/C14H19NO/c1-10-8-12(6-7-14(3,4)15)9-11(2)13(10)16-5/h8-9H,15H2,1-5H3. The molecule has 0 unspecified atom stereocenters. The first-order valence-corrected chi connectivity index (χ1v) is 5.31. The predicted octanol–water partition coefficient (Wildman–Crippen LogP) is 2.40. The van der Waals surface area contributed by atoms with Gasteiger partial charge in [-0.05, 0) is 51.0 Å². The third-order valence-corrected chi connectivity index (χ3v) is 2.19. The highest BCUT2D eigenvalue weighted by Crippen LogP contribution is 2.23. The fourth-order valence-corrected chi connectivity index (χ4v) is 1.58. The minimum absolute atomic E-state index is 0.457. The van der Waals surface area contributed by atoms with E-state index in [0.717, 1.165) is 22.4 Å². The van der Waals surface area contributed by atoms with Crippen LogP contribution in [0.25, 0.3) is 0 Å². The first-order chi connectivity index (χ1) is 7.33. The van der Waals surface area contributed by atoms with Gasteiger partial charge in [0.1, 0.15) is 5.75 Å². The van der Waals surface area contributed by atoms with Gasteiger partial charge < -0.3 is 10.5 Å². The molecule has 0 aliphatic carbocycles. The lowest BCUT2D eigenvalue weighted by Gasteiger charge is -2.10. The molecule has 0 fully saturated rings. The van der Waals surface area contributed by atoms with E-state index in [-0.39, 0.29) is 0 Å². The van der Waals surface area contributed by atoms with E-state index in [9.17, 15) is 0 Å². The van der Waals surface area contributed by atoms with Crippen LogP contribution in [0.5, 0.6) is 5.75 Å². The van der Waals surface area contributed by atoms with E-state index in [0.29, 0.717) is 0 Å². The Kier molecular flexibility index (Phi) is 3.62. The minimum atomic E-state index is -0.457. The lowest BCUT2D eigenvalue weighted by molar-refractivity contribution is 0.408. The molecule has 1 aromatic carbocycles. The highest BCUT2D eigenvalue weighted by atomic mass is 16.5. The molecule has 0 radical (unpaired) electrons. The summed E-state index contributed by atoms with van der Waals surface area (Å²) in [6.45, 7) is 7.82. The van der Waals surface area contributed by atoms with Gasteiger partial charge in [-0.1, -0.05) is 11.8 Å². The van der Waals surface area contributed by atoms with Crippen LogP contribution in [0.1, 0.15) is 30.5 Å². The molecular weight excluding hydrogens is 198 g/mol. The molecule has 0 bridgehead atoms. The van der Waals surface area contributed by atoms with Crippen molar-refractivity contribution in [1.29, 1.82) is 0 Å². The topological polar surface area (TPSA) is 35.2 Å². The first kappa shape index (κ1) is 12.6. The summed E-state index contributed by atoms with van der Waals surface area (Å²) in [5, 5.41) is 0. The number of benzene rings is 1. The third-order valence-electron chi connectivity index (χ3n) is 2.19. The van der Waals surface area contributed by atoms with Crippen molar-refractivity contribution in [3.63, 3.8) is 0 Å². The highest BCUT2D eigenvalue weighted by Gasteiger charge is 2.06. The lowest BCUT2D eigenvalue weighted by atomic mass is 10.0. The van der Waals surface area contributed by atoms with Crippen LogP contribution in [-0.4, -0.2) is 12.6 Å². The zero-order valence-electron chi connectivity index (χ0n) is 10.6. The second-order valence-electron chi connectivity index (χ2n) is 4.61. The number of hydrogen-bond acceptors (Lipinski definition) is 2. The van der Waals surface area contributed by atoms with Crippen LogP contribution in [0.4, 0.5) is 0 Å². The van der Waals surface area contributed by atoms with E-state index < -0.39 is 5.54 Å². The summed E-state index contributed by atoms with van der Waals surface area (Å²) in [7, 11) is 1.68. The molecule has 1 rings (SSSR count). The van der Waals surface area contributed by atoms with Gasteiger partial charge in [-0.2, -0.15) is 0 Å². The lowest BCUT2D eigenvalue weighted by Crippen LogP contribution is -2.29. The molecule has 0 amide bonds. The Hall–Kier alpha value is -1.46. The van der Waals surface area contributed by atoms with E-state index in [1.807, 2.05) is 39.8 Å². The van der Waals surface area contributed by atoms with E-state index in [4.69, 9.17) is 10.5 Å². The SMILES string of the molecule is COc1c(C)cc(C#CC(C)(C)N)cc1C.